The van der Waals surface area contributed by atoms with Gasteiger partial charge in [0, 0.05) is 31.9 Å². The number of nitrogens with two attached hydrogens (primary N) is 1. The molecule has 0 fully saturated rings. The molecule has 1 aromatic heterocycles. The molecule has 0 aliphatic carbocycles. The van der Waals surface area contributed by atoms with Crippen molar-refractivity contribution in [2.75, 3.05) is 12.3 Å². The van der Waals surface area contributed by atoms with Gasteiger partial charge in [0.25, 0.3) is 0 Å². The molecule has 0 bridgehead atoms. The van der Waals surface area contributed by atoms with Crippen LogP contribution in [0.2, 0.25) is 0 Å². The first-order valence-electron chi connectivity index (χ1n) is 5.60. The Morgan fingerprint density at radius 3 is 2.78 bits per heavy atom. The van der Waals surface area contributed by atoms with Crippen molar-refractivity contribution in [1.82, 2.24) is 9.29 Å². The molecular weight excluding hydrogens is 270 g/mol. The minimum absolute atomic E-state index is 0.0601. The Morgan fingerprint density at radius 2 is 2.28 bits per heavy atom. The Morgan fingerprint density at radius 1 is 1.56 bits per heavy atom. The van der Waals surface area contributed by atoms with Crippen LogP contribution in [-0.4, -0.2) is 35.0 Å². The van der Waals surface area contributed by atoms with Crippen LogP contribution in [0.5, 0.6) is 0 Å². The smallest absolute Gasteiger partial charge is 0.214 e. The standard InChI is InChI=1S/C11H17N3O2S2/c1-2-18(15,16)14(7-5-11(12)17)9-10-4-3-6-13-8-10/h3-4,6,8H,2,5,7,9H2,1H3,(H2,12,17). The molecule has 5 nitrogen and oxygen atoms in total. The van der Waals surface area contributed by atoms with Crippen LogP contribution < -0.4 is 5.73 Å². The van der Waals surface area contributed by atoms with E-state index in [1.165, 1.54) is 4.31 Å². The maximum absolute atomic E-state index is 11.9. The Labute approximate surface area is 113 Å². The third-order valence-electron chi connectivity index (χ3n) is 2.45. The van der Waals surface area contributed by atoms with Crippen molar-refractivity contribution in [3.05, 3.63) is 30.1 Å². The second-order valence-electron chi connectivity index (χ2n) is 3.81. The fourth-order valence-corrected chi connectivity index (χ4v) is 2.60. The van der Waals surface area contributed by atoms with Crippen LogP contribution >= 0.6 is 12.2 Å². The van der Waals surface area contributed by atoms with Crippen LogP contribution in [0.25, 0.3) is 0 Å². The minimum atomic E-state index is -3.26. The zero-order valence-corrected chi connectivity index (χ0v) is 11.9. The molecule has 0 amide bonds. The Bertz CT molecular complexity index is 488. The minimum Gasteiger partial charge on any atom is -0.393 e. The molecule has 0 unspecified atom stereocenters. The molecular formula is C11H17N3O2S2. The van der Waals surface area contributed by atoms with Gasteiger partial charge in [-0.2, -0.15) is 4.31 Å². The van der Waals surface area contributed by atoms with Gasteiger partial charge in [-0.3, -0.25) is 4.98 Å². The largest absolute Gasteiger partial charge is 0.393 e. The predicted molar refractivity (Wildman–Crippen MR) is 75.5 cm³/mol. The van der Waals surface area contributed by atoms with E-state index >= 15 is 0 Å². The molecule has 1 aromatic rings. The van der Waals surface area contributed by atoms with Gasteiger partial charge >= 0.3 is 0 Å². The van der Waals surface area contributed by atoms with E-state index in [-0.39, 0.29) is 5.75 Å². The summed E-state index contributed by atoms with van der Waals surface area (Å²) in [4.78, 5) is 4.29. The van der Waals surface area contributed by atoms with Gasteiger partial charge in [0.1, 0.15) is 0 Å². The van der Waals surface area contributed by atoms with Gasteiger partial charge in [0.2, 0.25) is 10.0 Å². The van der Waals surface area contributed by atoms with E-state index in [4.69, 9.17) is 18.0 Å². The average molecular weight is 287 g/mol. The van der Waals surface area contributed by atoms with E-state index in [2.05, 4.69) is 4.98 Å². The van der Waals surface area contributed by atoms with Crippen molar-refractivity contribution in [3.63, 3.8) is 0 Å². The van der Waals surface area contributed by atoms with E-state index in [9.17, 15) is 8.42 Å². The molecule has 0 aliphatic rings. The van der Waals surface area contributed by atoms with Crippen LogP contribution in [0.3, 0.4) is 0 Å². The van der Waals surface area contributed by atoms with Crippen molar-refractivity contribution in [2.24, 2.45) is 5.73 Å². The highest BCUT2D eigenvalue weighted by Crippen LogP contribution is 2.09. The van der Waals surface area contributed by atoms with Crippen molar-refractivity contribution < 1.29 is 8.42 Å². The first-order chi connectivity index (χ1) is 8.45. The summed E-state index contributed by atoms with van der Waals surface area (Å²) in [6.07, 6.45) is 3.69. The molecule has 18 heavy (non-hydrogen) atoms. The Kier molecular flexibility index (Phi) is 5.64. The van der Waals surface area contributed by atoms with E-state index < -0.39 is 10.0 Å². The second-order valence-corrected chi connectivity index (χ2v) is 6.59. The second kappa shape index (κ2) is 6.77. The summed E-state index contributed by atoms with van der Waals surface area (Å²) in [7, 11) is -3.26. The fraction of sp³-hybridized carbons (Fsp3) is 0.455. The number of nitrogens with zero attached hydrogens (tertiary/aromatic N) is 2. The lowest BCUT2D eigenvalue weighted by Crippen LogP contribution is -2.34. The lowest BCUT2D eigenvalue weighted by atomic mass is 10.3. The van der Waals surface area contributed by atoms with Gasteiger partial charge in [-0.05, 0) is 18.6 Å². The molecule has 0 aromatic carbocycles. The number of sulfonamides is 1. The highest BCUT2D eigenvalue weighted by Gasteiger charge is 2.20. The molecule has 0 saturated carbocycles. The SMILES string of the molecule is CCS(=O)(=O)N(CCC(N)=S)Cc1cccnc1. The molecule has 7 heteroatoms. The molecule has 100 valence electrons. The quantitative estimate of drug-likeness (QED) is 0.754. The lowest BCUT2D eigenvalue weighted by Gasteiger charge is -2.21. The van der Waals surface area contributed by atoms with Crippen molar-refractivity contribution in [1.29, 1.82) is 0 Å². The normalized spacial score (nSPS) is 11.7. The van der Waals surface area contributed by atoms with Crippen LogP contribution in [0.1, 0.15) is 18.9 Å². The van der Waals surface area contributed by atoms with Gasteiger partial charge in [-0.15, -0.1) is 0 Å². The average Bonchev–Trinajstić information content (AvgIpc) is 2.35. The number of pyridine rings is 1. The summed E-state index contributed by atoms with van der Waals surface area (Å²) in [5.74, 6) is 0.0601. The van der Waals surface area contributed by atoms with Crippen molar-refractivity contribution >= 4 is 27.2 Å². The third kappa shape index (κ3) is 4.67. The van der Waals surface area contributed by atoms with Gasteiger partial charge in [0.15, 0.2) is 0 Å². The fourth-order valence-electron chi connectivity index (χ4n) is 1.43. The molecule has 1 heterocycles. The van der Waals surface area contributed by atoms with Crippen LogP contribution in [0.15, 0.2) is 24.5 Å². The summed E-state index contributed by atoms with van der Waals surface area (Å²) in [6, 6.07) is 3.62. The highest BCUT2D eigenvalue weighted by molar-refractivity contribution is 7.89. The van der Waals surface area contributed by atoms with E-state index in [0.29, 0.717) is 24.5 Å². The van der Waals surface area contributed by atoms with Gasteiger partial charge in [-0.25, -0.2) is 8.42 Å². The van der Waals surface area contributed by atoms with E-state index in [0.717, 1.165) is 5.56 Å². The number of hydrogen-bond donors (Lipinski definition) is 1. The number of rotatable bonds is 7. The maximum Gasteiger partial charge on any atom is 0.214 e. The number of thiocarbonyl (C=S) groups is 1. The Hall–Kier alpha value is -1.05. The van der Waals surface area contributed by atoms with Crippen LogP contribution in [-0.2, 0) is 16.6 Å². The molecule has 1 rings (SSSR count). The van der Waals surface area contributed by atoms with Gasteiger partial charge < -0.3 is 5.73 Å². The van der Waals surface area contributed by atoms with E-state index in [1.807, 2.05) is 6.07 Å². The summed E-state index contributed by atoms with van der Waals surface area (Å²) >= 11 is 4.78. The Balaban J connectivity index is 2.81. The monoisotopic (exact) mass is 287 g/mol. The van der Waals surface area contributed by atoms with E-state index in [1.54, 1.807) is 25.4 Å². The molecule has 0 saturated heterocycles. The van der Waals surface area contributed by atoms with Crippen LogP contribution in [0, 0.1) is 0 Å². The molecule has 0 aliphatic heterocycles. The van der Waals surface area contributed by atoms with Gasteiger partial charge in [-0.1, -0.05) is 18.3 Å². The first-order valence-corrected chi connectivity index (χ1v) is 7.62. The molecule has 0 atom stereocenters. The molecule has 2 N–H and O–H groups in total. The van der Waals surface area contributed by atoms with Gasteiger partial charge in [0.05, 0.1) is 10.7 Å². The highest BCUT2D eigenvalue weighted by atomic mass is 32.2. The topological polar surface area (TPSA) is 76.3 Å². The van der Waals surface area contributed by atoms with Crippen molar-refractivity contribution in [2.45, 2.75) is 19.9 Å². The summed E-state index contributed by atoms with van der Waals surface area (Å²) in [5, 5.41) is 0. The molecule has 0 radical (unpaired) electrons. The lowest BCUT2D eigenvalue weighted by molar-refractivity contribution is 0.416. The zero-order chi connectivity index (χ0) is 13.6. The third-order valence-corrected chi connectivity index (χ3v) is 4.48. The van der Waals surface area contributed by atoms with Crippen LogP contribution in [0.4, 0.5) is 0 Å². The first kappa shape index (κ1) is 15.0. The summed E-state index contributed by atoms with van der Waals surface area (Å²) in [5.41, 5.74) is 6.26. The summed E-state index contributed by atoms with van der Waals surface area (Å²) in [6.45, 7) is 2.22. The van der Waals surface area contributed by atoms with Crippen molar-refractivity contribution in [3.8, 4) is 0 Å². The number of aromatic nitrogens is 1. The summed E-state index contributed by atoms with van der Waals surface area (Å²) < 4.78 is 25.3. The predicted octanol–water partition coefficient (Wildman–Crippen LogP) is 0.909. The maximum atomic E-state index is 11.9. The molecule has 0 spiro atoms. The zero-order valence-electron chi connectivity index (χ0n) is 10.2. The number of hydrogen-bond acceptors (Lipinski definition) is 4.